The zero-order chi connectivity index (χ0) is 16.3. The first kappa shape index (κ1) is 16.5. The van der Waals surface area contributed by atoms with Gasteiger partial charge in [0.2, 0.25) is 0 Å². The van der Waals surface area contributed by atoms with E-state index in [1.165, 1.54) is 6.42 Å². The van der Waals surface area contributed by atoms with Crippen LogP contribution < -0.4 is 5.32 Å². The molecule has 0 aromatic carbocycles. The molecular weight excluding hydrogens is 290 g/mol. The predicted molar refractivity (Wildman–Crippen MR) is 86.7 cm³/mol. The Morgan fingerprint density at radius 2 is 2.17 bits per heavy atom. The van der Waals surface area contributed by atoms with E-state index in [0.717, 1.165) is 56.7 Å². The van der Waals surface area contributed by atoms with E-state index in [1.807, 2.05) is 0 Å². The van der Waals surface area contributed by atoms with Crippen LogP contribution in [0, 0.1) is 22.7 Å². The molecule has 1 N–H and O–H groups in total. The van der Waals surface area contributed by atoms with Crippen molar-refractivity contribution in [3.8, 4) is 6.07 Å². The summed E-state index contributed by atoms with van der Waals surface area (Å²) in [7, 11) is 0. The van der Waals surface area contributed by atoms with Gasteiger partial charge in [0.25, 0.3) is 0 Å². The van der Waals surface area contributed by atoms with Crippen molar-refractivity contribution in [2.75, 3.05) is 13.2 Å². The van der Waals surface area contributed by atoms with Crippen LogP contribution in [0.4, 0.5) is 0 Å². The van der Waals surface area contributed by atoms with E-state index in [-0.39, 0.29) is 5.41 Å². The molecule has 0 amide bonds. The zero-order valence-electron chi connectivity index (χ0n) is 14.2. The van der Waals surface area contributed by atoms with E-state index >= 15 is 0 Å². The molecule has 5 heteroatoms. The monoisotopic (exact) mass is 317 g/mol. The number of hydrogen-bond donors (Lipinski definition) is 1. The Bertz CT molecular complexity index is 555. The molecule has 3 rings (SSSR count). The van der Waals surface area contributed by atoms with E-state index in [4.69, 9.17) is 9.26 Å². The quantitative estimate of drug-likeness (QED) is 0.901. The summed E-state index contributed by atoms with van der Waals surface area (Å²) in [6, 6.07) is 3.07. The maximum absolute atomic E-state index is 9.83. The molecule has 1 aromatic rings. The van der Waals surface area contributed by atoms with Crippen LogP contribution in [0.5, 0.6) is 0 Å². The van der Waals surface area contributed by atoms with Gasteiger partial charge < -0.3 is 14.6 Å². The third-order valence-corrected chi connectivity index (χ3v) is 5.61. The highest BCUT2D eigenvalue weighted by molar-refractivity contribution is 5.18. The molecule has 1 aliphatic heterocycles. The van der Waals surface area contributed by atoms with Crippen molar-refractivity contribution in [1.29, 1.82) is 5.26 Å². The Balaban J connectivity index is 1.67. The number of nitrogens with zero attached hydrogens (tertiary/aromatic N) is 2. The van der Waals surface area contributed by atoms with Gasteiger partial charge in [-0.3, -0.25) is 0 Å². The second kappa shape index (κ2) is 7.02. The molecule has 2 atom stereocenters. The largest absolute Gasteiger partial charge is 0.381 e. The molecule has 1 aromatic heterocycles. The Morgan fingerprint density at radius 3 is 2.87 bits per heavy atom. The fraction of sp³-hybridized carbons (Fsp3) is 0.778. The second-order valence-electron chi connectivity index (χ2n) is 7.28. The molecule has 2 heterocycles. The number of nitriles is 1. The van der Waals surface area contributed by atoms with Gasteiger partial charge in [0, 0.05) is 31.4 Å². The van der Waals surface area contributed by atoms with Crippen LogP contribution in [0.1, 0.15) is 63.1 Å². The summed E-state index contributed by atoms with van der Waals surface area (Å²) in [4.78, 5) is 0. The Hall–Kier alpha value is -1.38. The summed E-state index contributed by atoms with van der Waals surface area (Å²) in [6.45, 7) is 6.48. The summed E-state index contributed by atoms with van der Waals surface area (Å²) in [5, 5.41) is 17.6. The smallest absolute Gasteiger partial charge is 0.128 e. The topological polar surface area (TPSA) is 71.1 Å². The second-order valence-corrected chi connectivity index (χ2v) is 7.28. The molecule has 1 saturated heterocycles. The lowest BCUT2D eigenvalue weighted by molar-refractivity contribution is 0.00812. The van der Waals surface area contributed by atoms with Crippen LogP contribution in [-0.2, 0) is 11.3 Å². The number of nitrogens with one attached hydrogen (secondary N) is 1. The Labute approximate surface area is 138 Å². The van der Waals surface area contributed by atoms with Crippen molar-refractivity contribution in [1.82, 2.24) is 10.5 Å². The highest BCUT2D eigenvalue weighted by atomic mass is 16.5. The van der Waals surface area contributed by atoms with Crippen molar-refractivity contribution >= 4 is 0 Å². The maximum atomic E-state index is 9.83. The van der Waals surface area contributed by atoms with E-state index in [0.29, 0.717) is 17.9 Å². The molecule has 1 aliphatic carbocycles. The van der Waals surface area contributed by atoms with Crippen LogP contribution in [0.2, 0.25) is 0 Å². The SMILES string of the molecule is CC(C)c1nocc1CNC1CCCC1C1(C#N)CCOCC1. The van der Waals surface area contributed by atoms with Crippen molar-refractivity contribution in [3.63, 3.8) is 0 Å². The summed E-state index contributed by atoms with van der Waals surface area (Å²) in [5.41, 5.74) is 1.97. The fourth-order valence-corrected chi connectivity index (χ4v) is 4.28. The lowest BCUT2D eigenvalue weighted by Gasteiger charge is -2.39. The Morgan fingerprint density at radius 1 is 1.39 bits per heavy atom. The minimum absolute atomic E-state index is 0.206. The minimum atomic E-state index is -0.206. The fourth-order valence-electron chi connectivity index (χ4n) is 4.28. The van der Waals surface area contributed by atoms with Gasteiger partial charge in [-0.1, -0.05) is 25.4 Å². The molecule has 2 fully saturated rings. The van der Waals surface area contributed by atoms with E-state index in [1.54, 1.807) is 6.26 Å². The molecular formula is C18H27N3O2. The summed E-state index contributed by atoms with van der Waals surface area (Å²) in [6.07, 6.45) is 6.99. The van der Waals surface area contributed by atoms with Crippen molar-refractivity contribution in [2.45, 2.75) is 64.5 Å². The zero-order valence-corrected chi connectivity index (χ0v) is 14.2. The average molecular weight is 317 g/mol. The maximum Gasteiger partial charge on any atom is 0.128 e. The van der Waals surface area contributed by atoms with Crippen LogP contribution >= 0.6 is 0 Å². The van der Waals surface area contributed by atoms with Gasteiger partial charge in [0.15, 0.2) is 0 Å². The van der Waals surface area contributed by atoms with Crippen LogP contribution in [0.25, 0.3) is 0 Å². The minimum Gasteiger partial charge on any atom is -0.381 e. The molecule has 0 radical (unpaired) electrons. The molecule has 0 bridgehead atoms. The molecule has 23 heavy (non-hydrogen) atoms. The standard InChI is InChI=1S/C18H27N3O2/c1-13(2)17-14(11-23-21-17)10-20-16-5-3-4-15(16)18(12-19)6-8-22-9-7-18/h11,13,15-16,20H,3-10H2,1-2H3. The number of hydrogen-bond acceptors (Lipinski definition) is 5. The van der Waals surface area contributed by atoms with Crippen molar-refractivity contribution < 1.29 is 9.26 Å². The first-order valence-corrected chi connectivity index (χ1v) is 8.82. The highest BCUT2D eigenvalue weighted by Crippen LogP contribution is 2.46. The van der Waals surface area contributed by atoms with Gasteiger partial charge in [-0.2, -0.15) is 5.26 Å². The van der Waals surface area contributed by atoms with Crippen LogP contribution in [0.3, 0.4) is 0 Å². The normalized spacial score (nSPS) is 27.2. The van der Waals surface area contributed by atoms with Gasteiger partial charge in [-0.05, 0) is 37.5 Å². The molecule has 5 nitrogen and oxygen atoms in total. The molecule has 1 saturated carbocycles. The summed E-state index contributed by atoms with van der Waals surface area (Å²) < 4.78 is 10.6. The Kier molecular flexibility index (Phi) is 5.03. The molecule has 0 spiro atoms. The van der Waals surface area contributed by atoms with Gasteiger partial charge in [0.1, 0.15) is 6.26 Å². The van der Waals surface area contributed by atoms with Crippen LogP contribution in [-0.4, -0.2) is 24.4 Å². The van der Waals surface area contributed by atoms with E-state index < -0.39 is 0 Å². The van der Waals surface area contributed by atoms with E-state index in [2.05, 4.69) is 30.4 Å². The van der Waals surface area contributed by atoms with Gasteiger partial charge in [-0.15, -0.1) is 0 Å². The van der Waals surface area contributed by atoms with Crippen molar-refractivity contribution in [3.05, 3.63) is 17.5 Å². The summed E-state index contributed by atoms with van der Waals surface area (Å²) >= 11 is 0. The average Bonchev–Trinajstić information content (AvgIpc) is 3.22. The van der Waals surface area contributed by atoms with Gasteiger partial charge >= 0.3 is 0 Å². The predicted octanol–water partition coefficient (Wildman–Crippen LogP) is 3.38. The lowest BCUT2D eigenvalue weighted by atomic mass is 9.68. The first-order valence-electron chi connectivity index (χ1n) is 8.82. The van der Waals surface area contributed by atoms with Crippen LogP contribution in [0.15, 0.2) is 10.8 Å². The third kappa shape index (κ3) is 3.29. The third-order valence-electron chi connectivity index (χ3n) is 5.61. The highest BCUT2D eigenvalue weighted by Gasteiger charge is 2.46. The number of rotatable bonds is 5. The van der Waals surface area contributed by atoms with E-state index in [9.17, 15) is 5.26 Å². The molecule has 126 valence electrons. The van der Waals surface area contributed by atoms with Crippen molar-refractivity contribution in [2.24, 2.45) is 11.3 Å². The summed E-state index contributed by atoms with van der Waals surface area (Å²) in [5.74, 6) is 0.796. The molecule has 2 aliphatic rings. The van der Waals surface area contributed by atoms with Gasteiger partial charge in [0.05, 0.1) is 17.2 Å². The number of aromatic nitrogens is 1. The molecule has 2 unspecified atom stereocenters. The first-order chi connectivity index (χ1) is 11.2. The number of ether oxygens (including phenoxy) is 1. The van der Waals surface area contributed by atoms with Gasteiger partial charge in [-0.25, -0.2) is 0 Å². The lowest BCUT2D eigenvalue weighted by Crippen LogP contribution is -2.44.